The van der Waals surface area contributed by atoms with Crippen LogP contribution in [0.1, 0.15) is 24.3 Å². The van der Waals surface area contributed by atoms with Gasteiger partial charge < -0.3 is 14.6 Å². The number of amides is 1. The summed E-state index contributed by atoms with van der Waals surface area (Å²) in [4.78, 5) is 15.4. The summed E-state index contributed by atoms with van der Waals surface area (Å²) in [6, 6.07) is 6.77. The second kappa shape index (κ2) is 6.83. The van der Waals surface area contributed by atoms with Crippen LogP contribution in [0.15, 0.2) is 28.8 Å². The number of carbonyl (C=O) groups excluding carboxylic acids is 1. The van der Waals surface area contributed by atoms with Crippen molar-refractivity contribution in [3.05, 3.63) is 35.7 Å². The van der Waals surface area contributed by atoms with Crippen molar-refractivity contribution in [2.24, 2.45) is 0 Å². The normalized spacial score (nSPS) is 15.8. The Labute approximate surface area is 141 Å². The fraction of sp³-hybridized carbons (Fsp3) is 0.438. The molecule has 1 aliphatic rings. The van der Waals surface area contributed by atoms with Crippen molar-refractivity contribution in [1.82, 2.24) is 15.5 Å². The Morgan fingerprint density at radius 2 is 2.04 bits per heavy atom. The Kier molecular flexibility index (Phi) is 4.76. The number of hydrogen-bond donors (Lipinski definition) is 1. The highest BCUT2D eigenvalue weighted by molar-refractivity contribution is 5.81. The van der Waals surface area contributed by atoms with E-state index >= 15 is 0 Å². The maximum absolute atomic E-state index is 12.5. The highest BCUT2D eigenvalue weighted by Crippen LogP contribution is 2.29. The van der Waals surface area contributed by atoms with Gasteiger partial charge in [-0.05, 0) is 18.4 Å². The first-order valence-corrected chi connectivity index (χ1v) is 7.70. The monoisotopic (exact) mass is 355 g/mol. The minimum Gasteiger partial charge on any atom is -0.371 e. The number of halogens is 3. The van der Waals surface area contributed by atoms with Crippen LogP contribution in [0, 0.1) is 0 Å². The summed E-state index contributed by atoms with van der Waals surface area (Å²) in [5.74, 6) is -1.70. The SMILES string of the molecule is COC(Cc1ccc(-c2noc(C(F)(F)F)n2)cc1)C(=O)NC1CC1. The van der Waals surface area contributed by atoms with Gasteiger partial charge in [0.1, 0.15) is 6.10 Å². The molecule has 6 nitrogen and oxygen atoms in total. The van der Waals surface area contributed by atoms with Crippen LogP contribution in [0.3, 0.4) is 0 Å². The lowest BCUT2D eigenvalue weighted by atomic mass is 10.0. The van der Waals surface area contributed by atoms with Crippen LogP contribution in [0.5, 0.6) is 0 Å². The van der Waals surface area contributed by atoms with Crippen molar-refractivity contribution in [2.75, 3.05) is 7.11 Å². The predicted octanol–water partition coefficient (Wildman–Crippen LogP) is 2.59. The number of ether oxygens (including phenoxy) is 1. The predicted molar refractivity (Wildman–Crippen MR) is 80.4 cm³/mol. The fourth-order valence-electron chi connectivity index (χ4n) is 2.26. The number of aromatic nitrogens is 2. The Bertz CT molecular complexity index is 739. The molecule has 1 heterocycles. The van der Waals surface area contributed by atoms with E-state index in [4.69, 9.17) is 4.74 Å². The molecule has 1 saturated carbocycles. The van der Waals surface area contributed by atoms with E-state index < -0.39 is 18.2 Å². The fourth-order valence-corrected chi connectivity index (χ4v) is 2.26. The Hall–Kier alpha value is -2.42. The van der Waals surface area contributed by atoms with E-state index in [1.54, 1.807) is 24.3 Å². The highest BCUT2D eigenvalue weighted by Gasteiger charge is 2.38. The van der Waals surface area contributed by atoms with Gasteiger partial charge in [-0.15, -0.1) is 0 Å². The lowest BCUT2D eigenvalue weighted by Crippen LogP contribution is -2.38. The molecule has 25 heavy (non-hydrogen) atoms. The molecular formula is C16H16F3N3O3. The first-order valence-electron chi connectivity index (χ1n) is 7.70. The number of benzene rings is 1. The minimum absolute atomic E-state index is 0.145. The van der Waals surface area contributed by atoms with Gasteiger partial charge in [0.15, 0.2) is 0 Å². The molecule has 1 aliphatic carbocycles. The van der Waals surface area contributed by atoms with Crippen molar-refractivity contribution in [3.8, 4) is 11.4 Å². The average Bonchev–Trinajstić information content (AvgIpc) is 3.23. The second-order valence-electron chi connectivity index (χ2n) is 5.83. The van der Waals surface area contributed by atoms with Gasteiger partial charge in [-0.2, -0.15) is 18.2 Å². The van der Waals surface area contributed by atoms with Crippen LogP contribution in [0.2, 0.25) is 0 Å². The average molecular weight is 355 g/mol. The zero-order valence-electron chi connectivity index (χ0n) is 13.3. The molecule has 1 fully saturated rings. The number of hydrogen-bond acceptors (Lipinski definition) is 5. The van der Waals surface area contributed by atoms with Gasteiger partial charge in [0, 0.05) is 25.1 Å². The molecule has 0 aliphatic heterocycles. The third-order valence-electron chi connectivity index (χ3n) is 3.80. The van der Waals surface area contributed by atoms with Crippen LogP contribution in [-0.4, -0.2) is 35.3 Å². The molecule has 1 aromatic heterocycles. The molecule has 0 bridgehead atoms. The molecule has 1 N–H and O–H groups in total. The lowest BCUT2D eigenvalue weighted by molar-refractivity contribution is -0.159. The summed E-state index contributed by atoms with van der Waals surface area (Å²) in [5, 5.41) is 6.21. The largest absolute Gasteiger partial charge is 0.471 e. The van der Waals surface area contributed by atoms with Gasteiger partial charge in [0.25, 0.3) is 0 Å². The Morgan fingerprint density at radius 3 is 2.56 bits per heavy atom. The van der Waals surface area contributed by atoms with Gasteiger partial charge in [-0.3, -0.25) is 4.79 Å². The molecule has 1 amide bonds. The summed E-state index contributed by atoms with van der Waals surface area (Å²) < 4.78 is 46.9. The number of nitrogens with one attached hydrogen (secondary N) is 1. The van der Waals surface area contributed by atoms with E-state index in [0.29, 0.717) is 12.0 Å². The van der Waals surface area contributed by atoms with Crippen LogP contribution in [0.4, 0.5) is 13.2 Å². The number of methoxy groups -OCH3 is 1. The standard InChI is InChI=1S/C16H16F3N3O3/c1-24-12(14(23)20-11-6-7-11)8-9-2-4-10(5-3-9)13-21-15(25-22-13)16(17,18)19/h2-5,11-12H,6-8H2,1H3,(H,20,23). The molecule has 9 heteroatoms. The summed E-state index contributed by atoms with van der Waals surface area (Å²) >= 11 is 0. The number of alkyl halides is 3. The van der Waals surface area contributed by atoms with Gasteiger partial charge in [-0.25, -0.2) is 0 Å². The van der Waals surface area contributed by atoms with E-state index in [1.165, 1.54) is 7.11 Å². The zero-order valence-corrected chi connectivity index (χ0v) is 13.3. The molecule has 1 unspecified atom stereocenters. The molecule has 3 rings (SSSR count). The molecule has 0 radical (unpaired) electrons. The molecule has 1 atom stereocenters. The first kappa shape index (κ1) is 17.4. The van der Waals surface area contributed by atoms with Crippen LogP contribution >= 0.6 is 0 Å². The summed E-state index contributed by atoms with van der Waals surface area (Å²) in [7, 11) is 1.46. The first-order chi connectivity index (χ1) is 11.9. The van der Waals surface area contributed by atoms with Crippen LogP contribution < -0.4 is 5.32 Å². The van der Waals surface area contributed by atoms with Gasteiger partial charge in [0.05, 0.1) is 0 Å². The third-order valence-corrected chi connectivity index (χ3v) is 3.80. The zero-order chi connectivity index (χ0) is 18.0. The van der Waals surface area contributed by atoms with E-state index in [2.05, 4.69) is 20.0 Å². The van der Waals surface area contributed by atoms with E-state index in [9.17, 15) is 18.0 Å². The molecule has 2 aromatic rings. The summed E-state index contributed by atoms with van der Waals surface area (Å²) in [6.45, 7) is 0. The van der Waals surface area contributed by atoms with Crippen molar-refractivity contribution in [1.29, 1.82) is 0 Å². The third kappa shape index (κ3) is 4.36. The van der Waals surface area contributed by atoms with E-state index in [-0.39, 0.29) is 17.8 Å². The second-order valence-corrected chi connectivity index (χ2v) is 5.83. The molecule has 0 spiro atoms. The van der Waals surface area contributed by atoms with Crippen LogP contribution in [0.25, 0.3) is 11.4 Å². The highest BCUT2D eigenvalue weighted by atomic mass is 19.4. The topological polar surface area (TPSA) is 77.2 Å². The Balaban J connectivity index is 1.67. The quantitative estimate of drug-likeness (QED) is 0.862. The van der Waals surface area contributed by atoms with Crippen molar-refractivity contribution in [2.45, 2.75) is 37.6 Å². The maximum Gasteiger partial charge on any atom is 0.471 e. The molecule has 0 saturated heterocycles. The van der Waals surface area contributed by atoms with Gasteiger partial charge in [-0.1, -0.05) is 29.4 Å². The number of carbonyl (C=O) groups is 1. The van der Waals surface area contributed by atoms with E-state index in [0.717, 1.165) is 18.4 Å². The smallest absolute Gasteiger partial charge is 0.371 e. The van der Waals surface area contributed by atoms with Gasteiger partial charge in [0.2, 0.25) is 11.7 Å². The number of rotatable bonds is 6. The number of nitrogens with zero attached hydrogens (tertiary/aromatic N) is 2. The van der Waals surface area contributed by atoms with E-state index in [1.807, 2.05) is 0 Å². The molecule has 134 valence electrons. The minimum atomic E-state index is -4.67. The van der Waals surface area contributed by atoms with Crippen molar-refractivity contribution in [3.63, 3.8) is 0 Å². The Morgan fingerprint density at radius 1 is 1.36 bits per heavy atom. The molecular weight excluding hydrogens is 339 g/mol. The van der Waals surface area contributed by atoms with Crippen LogP contribution in [-0.2, 0) is 22.1 Å². The van der Waals surface area contributed by atoms with Gasteiger partial charge >= 0.3 is 12.1 Å². The lowest BCUT2D eigenvalue weighted by Gasteiger charge is -2.15. The van der Waals surface area contributed by atoms with Crippen molar-refractivity contribution >= 4 is 5.91 Å². The van der Waals surface area contributed by atoms with Crippen molar-refractivity contribution < 1.29 is 27.2 Å². The summed E-state index contributed by atoms with van der Waals surface area (Å²) in [5.41, 5.74) is 1.19. The molecule has 1 aromatic carbocycles. The summed E-state index contributed by atoms with van der Waals surface area (Å²) in [6.07, 6.45) is -2.96. The maximum atomic E-state index is 12.5.